The summed E-state index contributed by atoms with van der Waals surface area (Å²) in [5, 5.41) is 5.88. The number of fused-ring (bicyclic) bond motifs is 1. The molecule has 3 rings (SSSR count). The summed E-state index contributed by atoms with van der Waals surface area (Å²) in [4.78, 5) is 28.7. The van der Waals surface area contributed by atoms with Gasteiger partial charge in [0.1, 0.15) is 17.3 Å². The number of nitrogens with one attached hydrogen (secondary N) is 1. The van der Waals surface area contributed by atoms with Crippen LogP contribution in [0.3, 0.4) is 0 Å². The second-order valence-electron chi connectivity index (χ2n) is 6.61. The van der Waals surface area contributed by atoms with Crippen molar-refractivity contribution in [2.45, 2.75) is 20.4 Å². The van der Waals surface area contributed by atoms with Crippen molar-refractivity contribution in [3.05, 3.63) is 40.9 Å². The molecule has 0 unspecified atom stereocenters. The first-order valence-electron chi connectivity index (χ1n) is 9.44. The van der Waals surface area contributed by atoms with E-state index in [1.54, 1.807) is 6.92 Å². The van der Waals surface area contributed by atoms with E-state index in [0.29, 0.717) is 30.3 Å². The van der Waals surface area contributed by atoms with Gasteiger partial charge in [-0.15, -0.1) is 0 Å². The van der Waals surface area contributed by atoms with Gasteiger partial charge in [-0.05, 0) is 26.0 Å². The number of ether oxygens (including phenoxy) is 1. The molecule has 0 fully saturated rings. The first-order valence-corrected chi connectivity index (χ1v) is 12.1. The molecule has 0 saturated heterocycles. The van der Waals surface area contributed by atoms with Crippen LogP contribution < -0.4 is 10.1 Å². The number of carbonyl (C=O) groups excluding carboxylic acids is 2. The molecule has 2 aromatic heterocycles. The van der Waals surface area contributed by atoms with E-state index < -0.39 is 33.2 Å². The van der Waals surface area contributed by atoms with E-state index in [1.807, 2.05) is 35.8 Å². The van der Waals surface area contributed by atoms with E-state index in [4.69, 9.17) is 9.26 Å². The molecule has 1 N–H and O–H groups in total. The lowest BCUT2D eigenvalue weighted by Crippen LogP contribution is -2.28. The van der Waals surface area contributed by atoms with Crippen LogP contribution in [-0.2, 0) is 30.7 Å². The first-order chi connectivity index (χ1) is 14.8. The van der Waals surface area contributed by atoms with Crippen LogP contribution in [0, 0.1) is 6.92 Å². The minimum absolute atomic E-state index is 0.106. The van der Waals surface area contributed by atoms with Crippen LogP contribution in [0.1, 0.15) is 12.7 Å². The highest BCUT2D eigenvalue weighted by atomic mass is 32.2. The minimum Gasteiger partial charge on any atom is -0.380 e. The number of para-hydroxylation sites is 1. The van der Waals surface area contributed by atoms with E-state index in [-0.39, 0.29) is 5.82 Å². The van der Waals surface area contributed by atoms with Gasteiger partial charge in [-0.25, -0.2) is 8.42 Å². The third kappa shape index (κ3) is 6.32. The molecule has 0 aliphatic rings. The van der Waals surface area contributed by atoms with Crippen molar-refractivity contribution in [3.63, 3.8) is 0 Å². The third-order valence-corrected chi connectivity index (χ3v) is 6.51. The van der Waals surface area contributed by atoms with E-state index >= 15 is 0 Å². The summed E-state index contributed by atoms with van der Waals surface area (Å²) in [6.07, 6.45) is 0. The fourth-order valence-electron chi connectivity index (χ4n) is 2.80. The summed E-state index contributed by atoms with van der Waals surface area (Å²) in [5.74, 6) is -2.83. The predicted octanol–water partition coefficient (Wildman–Crippen LogP) is 1.52. The maximum absolute atomic E-state index is 12.4. The van der Waals surface area contributed by atoms with Gasteiger partial charge in [-0.2, -0.15) is 4.99 Å². The normalized spacial score (nSPS) is 12.4. The summed E-state index contributed by atoms with van der Waals surface area (Å²) >= 11 is 1.28. The highest BCUT2D eigenvalue weighted by molar-refractivity contribution is 7.92. The maximum atomic E-state index is 12.4. The lowest BCUT2D eigenvalue weighted by Gasteiger charge is -2.05. The Morgan fingerprint density at radius 3 is 2.77 bits per heavy atom. The van der Waals surface area contributed by atoms with Gasteiger partial charge in [0, 0.05) is 19.2 Å². The van der Waals surface area contributed by atoms with Gasteiger partial charge in [-0.1, -0.05) is 28.6 Å². The second kappa shape index (κ2) is 9.98. The van der Waals surface area contributed by atoms with Gasteiger partial charge in [0.05, 0.1) is 16.8 Å². The van der Waals surface area contributed by atoms with Crippen LogP contribution in [-0.4, -0.2) is 54.7 Å². The number of aryl methyl sites for hydroxylation is 1. The van der Waals surface area contributed by atoms with Gasteiger partial charge in [0.2, 0.25) is 5.91 Å². The van der Waals surface area contributed by atoms with Crippen molar-refractivity contribution < 1.29 is 27.3 Å². The Kier molecular flexibility index (Phi) is 7.36. The SMILES string of the molecule is CCOCCn1c(=NC(=O)CS(=O)(=O)CC(=O)Nc2cc(C)on2)sc2ccccc21. The number of amides is 2. The number of sulfone groups is 1. The van der Waals surface area contributed by atoms with E-state index in [2.05, 4.69) is 15.5 Å². The number of anilines is 1. The number of hydrogen-bond donors (Lipinski definition) is 1. The largest absolute Gasteiger partial charge is 0.380 e. The average Bonchev–Trinajstić information content (AvgIpc) is 3.24. The van der Waals surface area contributed by atoms with Crippen molar-refractivity contribution >= 4 is 49.0 Å². The fraction of sp³-hybridized carbons (Fsp3) is 0.368. The lowest BCUT2D eigenvalue weighted by atomic mass is 10.3. The smallest absolute Gasteiger partial charge is 0.263 e. The molecule has 0 atom stereocenters. The number of carbonyl (C=O) groups is 2. The van der Waals surface area contributed by atoms with E-state index in [9.17, 15) is 18.0 Å². The summed E-state index contributed by atoms with van der Waals surface area (Å²) < 4.78 is 37.5. The Morgan fingerprint density at radius 2 is 2.06 bits per heavy atom. The van der Waals surface area contributed by atoms with Crippen LogP contribution in [0.2, 0.25) is 0 Å². The Balaban J connectivity index is 1.74. The van der Waals surface area contributed by atoms with Crippen molar-refractivity contribution in [1.29, 1.82) is 0 Å². The Hall–Kier alpha value is -2.83. The quantitative estimate of drug-likeness (QED) is 0.473. The van der Waals surface area contributed by atoms with Crippen LogP contribution in [0.4, 0.5) is 5.82 Å². The molecule has 12 heteroatoms. The summed E-state index contributed by atoms with van der Waals surface area (Å²) in [7, 11) is -4.02. The standard InChI is InChI=1S/C19H22N4O6S2/c1-3-28-9-8-23-14-6-4-5-7-15(14)30-19(23)21-18(25)12-31(26,27)11-17(24)20-16-10-13(2)29-22-16/h4-7,10H,3,8-9,11-12H2,1-2H3,(H,20,22,24). The Morgan fingerprint density at radius 1 is 1.29 bits per heavy atom. The number of rotatable bonds is 9. The zero-order valence-corrected chi connectivity index (χ0v) is 18.7. The van der Waals surface area contributed by atoms with Gasteiger partial charge < -0.3 is 19.1 Å². The zero-order valence-electron chi connectivity index (χ0n) is 17.0. The van der Waals surface area contributed by atoms with E-state index in [1.165, 1.54) is 17.4 Å². The summed E-state index contributed by atoms with van der Waals surface area (Å²) in [5.41, 5.74) is 0.879. The molecule has 31 heavy (non-hydrogen) atoms. The van der Waals surface area contributed by atoms with Crippen LogP contribution in [0.5, 0.6) is 0 Å². The number of nitrogens with zero attached hydrogens (tertiary/aromatic N) is 3. The van der Waals surface area contributed by atoms with Gasteiger partial charge in [0.15, 0.2) is 20.5 Å². The molecule has 0 aliphatic heterocycles. The highest BCUT2D eigenvalue weighted by Crippen LogP contribution is 2.16. The molecule has 10 nitrogen and oxygen atoms in total. The van der Waals surface area contributed by atoms with Crippen molar-refractivity contribution in [1.82, 2.24) is 9.72 Å². The van der Waals surface area contributed by atoms with Gasteiger partial charge in [0.25, 0.3) is 5.91 Å². The van der Waals surface area contributed by atoms with Crippen LogP contribution in [0.25, 0.3) is 10.2 Å². The maximum Gasteiger partial charge on any atom is 0.263 e. The molecule has 3 aromatic rings. The molecule has 166 valence electrons. The molecular weight excluding hydrogens is 444 g/mol. The summed E-state index contributed by atoms with van der Waals surface area (Å²) in [6.45, 7) is 4.97. The average molecular weight is 467 g/mol. The first kappa shape index (κ1) is 22.8. The lowest BCUT2D eigenvalue weighted by molar-refractivity contribution is -0.115. The van der Waals surface area contributed by atoms with Crippen molar-refractivity contribution in [3.8, 4) is 0 Å². The molecule has 2 heterocycles. The van der Waals surface area contributed by atoms with E-state index in [0.717, 1.165) is 10.2 Å². The fourth-order valence-corrected chi connectivity index (χ4v) is 4.89. The van der Waals surface area contributed by atoms with Gasteiger partial charge >= 0.3 is 0 Å². The molecule has 0 spiro atoms. The number of hydrogen-bond acceptors (Lipinski definition) is 8. The summed E-state index contributed by atoms with van der Waals surface area (Å²) in [6, 6.07) is 8.99. The highest BCUT2D eigenvalue weighted by Gasteiger charge is 2.22. The second-order valence-corrected chi connectivity index (χ2v) is 9.68. The molecule has 0 aliphatic carbocycles. The molecule has 2 amide bonds. The van der Waals surface area contributed by atoms with Crippen molar-refractivity contribution in [2.75, 3.05) is 30.0 Å². The minimum atomic E-state index is -4.02. The van der Waals surface area contributed by atoms with Gasteiger partial charge in [-0.3, -0.25) is 9.59 Å². The molecule has 0 bridgehead atoms. The van der Waals surface area contributed by atoms with Crippen molar-refractivity contribution in [2.24, 2.45) is 4.99 Å². The predicted molar refractivity (Wildman–Crippen MR) is 115 cm³/mol. The molecular formula is C19H22N4O6S2. The molecule has 1 aromatic carbocycles. The number of aromatic nitrogens is 2. The Bertz CT molecular complexity index is 1260. The zero-order chi connectivity index (χ0) is 22.4. The molecule has 0 radical (unpaired) electrons. The Labute approximate surface area is 182 Å². The molecule has 0 saturated carbocycles. The third-order valence-electron chi connectivity index (χ3n) is 4.06. The number of thiazole rings is 1. The monoisotopic (exact) mass is 466 g/mol. The van der Waals surface area contributed by atoms with Crippen LogP contribution >= 0.6 is 11.3 Å². The number of benzene rings is 1. The van der Waals surface area contributed by atoms with Crippen LogP contribution in [0.15, 0.2) is 39.8 Å². The topological polar surface area (TPSA) is 133 Å².